The van der Waals surface area contributed by atoms with Gasteiger partial charge in [0.2, 0.25) is 0 Å². The van der Waals surface area contributed by atoms with E-state index in [9.17, 15) is 9.59 Å². The van der Waals surface area contributed by atoms with Gasteiger partial charge in [0, 0.05) is 5.56 Å². The van der Waals surface area contributed by atoms with Gasteiger partial charge in [-0.1, -0.05) is 24.3 Å². The smallest absolute Gasteiger partial charge is 0.282 e. The van der Waals surface area contributed by atoms with Gasteiger partial charge in [-0.15, -0.1) is 0 Å². The van der Waals surface area contributed by atoms with Crippen molar-refractivity contribution >= 4 is 23.6 Å². The fraction of sp³-hybridized carbons (Fsp3) is 0.185. The van der Waals surface area contributed by atoms with E-state index in [1.807, 2.05) is 31.2 Å². The van der Waals surface area contributed by atoms with E-state index in [1.165, 1.54) is 16.6 Å². The molecule has 1 aliphatic rings. The minimum Gasteiger partial charge on any atom is -0.497 e. The highest BCUT2D eigenvalue weighted by Gasteiger charge is 2.34. The molecule has 3 aromatic rings. The first-order valence-electron chi connectivity index (χ1n) is 10.9. The van der Waals surface area contributed by atoms with Crippen LogP contribution < -0.4 is 24.6 Å². The Morgan fingerprint density at radius 2 is 1.59 bits per heavy atom. The zero-order valence-corrected chi connectivity index (χ0v) is 19.3. The Balaban J connectivity index is 1.50. The Morgan fingerprint density at radius 3 is 2.32 bits per heavy atom. The molecule has 7 heteroatoms. The summed E-state index contributed by atoms with van der Waals surface area (Å²) < 4.78 is 17.0. The lowest BCUT2D eigenvalue weighted by atomic mass is 10.1. The number of hydrogen-bond acceptors (Lipinski definition) is 5. The van der Waals surface area contributed by atoms with E-state index in [1.54, 1.807) is 49.6 Å². The van der Waals surface area contributed by atoms with E-state index in [0.29, 0.717) is 29.4 Å². The van der Waals surface area contributed by atoms with E-state index in [2.05, 4.69) is 12.3 Å². The zero-order chi connectivity index (χ0) is 24.1. The molecular weight excluding hydrogens is 432 g/mol. The number of hydrazine groups is 1. The maximum Gasteiger partial charge on any atom is 0.282 e. The number of carbonyl (C=O) groups excluding carboxylic acids is 2. The van der Waals surface area contributed by atoms with Gasteiger partial charge in [-0.3, -0.25) is 15.0 Å². The number of benzene rings is 3. The minimum atomic E-state index is -0.485. The van der Waals surface area contributed by atoms with E-state index >= 15 is 0 Å². The number of nitrogens with one attached hydrogen (secondary N) is 1. The van der Waals surface area contributed by atoms with Gasteiger partial charge in [0.25, 0.3) is 11.8 Å². The number of amides is 2. The first kappa shape index (κ1) is 22.9. The van der Waals surface area contributed by atoms with Crippen molar-refractivity contribution in [1.82, 2.24) is 5.43 Å². The van der Waals surface area contributed by atoms with Crippen LogP contribution in [-0.4, -0.2) is 32.1 Å². The van der Waals surface area contributed by atoms with Gasteiger partial charge in [-0.25, -0.2) is 5.01 Å². The number of nitrogens with zero attached hydrogens (tertiary/aromatic N) is 1. The summed E-state index contributed by atoms with van der Waals surface area (Å²) in [5.74, 6) is 0.939. The van der Waals surface area contributed by atoms with Gasteiger partial charge >= 0.3 is 0 Å². The number of methoxy groups -OCH3 is 1. The third-order valence-electron chi connectivity index (χ3n) is 5.51. The largest absolute Gasteiger partial charge is 0.497 e. The highest BCUT2D eigenvalue weighted by molar-refractivity contribution is 6.31. The SMILES string of the molecule is COc1ccc(OCCOc2ccc(C)c(C)c2)c(/C=C2\C(=O)NN(c3ccccc3)C2=O)c1. The fourth-order valence-electron chi connectivity index (χ4n) is 3.48. The van der Waals surface area contributed by atoms with Crippen LogP contribution in [0, 0.1) is 13.8 Å². The van der Waals surface area contributed by atoms with Crippen LogP contribution in [0.1, 0.15) is 16.7 Å². The van der Waals surface area contributed by atoms with Crippen molar-refractivity contribution in [3.8, 4) is 17.2 Å². The van der Waals surface area contributed by atoms with Gasteiger partial charge in [-0.05, 0) is 73.5 Å². The molecule has 0 saturated carbocycles. The number of aryl methyl sites for hydroxylation is 2. The lowest BCUT2D eigenvalue weighted by Crippen LogP contribution is -2.35. The van der Waals surface area contributed by atoms with E-state index in [4.69, 9.17) is 14.2 Å². The van der Waals surface area contributed by atoms with Crippen molar-refractivity contribution in [1.29, 1.82) is 0 Å². The molecule has 1 heterocycles. The molecule has 3 aromatic carbocycles. The van der Waals surface area contributed by atoms with Crippen molar-refractivity contribution in [2.45, 2.75) is 13.8 Å². The van der Waals surface area contributed by atoms with Crippen LogP contribution in [0.25, 0.3) is 6.08 Å². The molecule has 1 fully saturated rings. The highest BCUT2D eigenvalue weighted by atomic mass is 16.5. The van der Waals surface area contributed by atoms with Gasteiger partial charge in [0.1, 0.15) is 36.0 Å². The van der Waals surface area contributed by atoms with Crippen LogP contribution in [-0.2, 0) is 9.59 Å². The summed E-state index contributed by atoms with van der Waals surface area (Å²) in [5, 5.41) is 1.23. The average Bonchev–Trinajstić information content (AvgIpc) is 3.13. The maximum atomic E-state index is 12.9. The van der Waals surface area contributed by atoms with E-state index in [-0.39, 0.29) is 12.2 Å². The number of carbonyl (C=O) groups is 2. The minimum absolute atomic E-state index is 0.00772. The molecule has 174 valence electrons. The molecule has 0 aromatic heterocycles. The number of anilines is 1. The molecule has 2 amide bonds. The van der Waals surface area contributed by atoms with Crippen molar-refractivity contribution in [2.75, 3.05) is 25.3 Å². The first-order valence-corrected chi connectivity index (χ1v) is 10.9. The maximum absolute atomic E-state index is 12.9. The normalized spacial score (nSPS) is 14.3. The molecule has 34 heavy (non-hydrogen) atoms. The van der Waals surface area contributed by atoms with Crippen LogP contribution in [0.2, 0.25) is 0 Å². The standard InChI is InChI=1S/C27H26N2O5/c1-18-9-10-23(15-19(18)2)33-13-14-34-25-12-11-22(32-3)16-20(25)17-24-26(30)28-29(27(24)31)21-7-5-4-6-8-21/h4-12,15-17H,13-14H2,1-3H3,(H,28,30)/b24-17+. The number of hydrogen-bond donors (Lipinski definition) is 1. The van der Waals surface area contributed by atoms with Gasteiger partial charge in [-0.2, -0.15) is 0 Å². The summed E-state index contributed by atoms with van der Waals surface area (Å²) >= 11 is 0. The predicted molar refractivity (Wildman–Crippen MR) is 130 cm³/mol. The van der Waals surface area contributed by atoms with Crippen molar-refractivity contribution in [3.05, 3.63) is 89.0 Å². The monoisotopic (exact) mass is 458 g/mol. The molecule has 7 nitrogen and oxygen atoms in total. The van der Waals surface area contributed by atoms with Crippen LogP contribution in [0.15, 0.2) is 72.3 Å². The molecule has 0 aliphatic carbocycles. The third-order valence-corrected chi connectivity index (χ3v) is 5.51. The molecule has 0 radical (unpaired) electrons. The highest BCUT2D eigenvalue weighted by Crippen LogP contribution is 2.29. The van der Waals surface area contributed by atoms with Crippen LogP contribution in [0.3, 0.4) is 0 Å². The van der Waals surface area contributed by atoms with Crippen molar-refractivity contribution < 1.29 is 23.8 Å². The average molecular weight is 459 g/mol. The van der Waals surface area contributed by atoms with Crippen molar-refractivity contribution in [3.63, 3.8) is 0 Å². The Labute approximate surface area is 198 Å². The van der Waals surface area contributed by atoms with Crippen LogP contribution in [0.5, 0.6) is 17.2 Å². The second-order valence-electron chi connectivity index (χ2n) is 7.82. The number of para-hydroxylation sites is 1. The topological polar surface area (TPSA) is 77.1 Å². The molecule has 0 spiro atoms. The Hall–Kier alpha value is -4.26. The molecule has 1 aliphatic heterocycles. The lowest BCUT2D eigenvalue weighted by Gasteiger charge is -2.14. The quantitative estimate of drug-likeness (QED) is 0.311. The number of ether oxygens (including phenoxy) is 3. The summed E-state index contributed by atoms with van der Waals surface area (Å²) in [6.07, 6.45) is 1.52. The van der Waals surface area contributed by atoms with Crippen LogP contribution in [0.4, 0.5) is 5.69 Å². The summed E-state index contributed by atoms with van der Waals surface area (Å²) in [6, 6.07) is 20.1. The molecule has 0 atom stereocenters. The summed E-state index contributed by atoms with van der Waals surface area (Å²) in [6.45, 7) is 4.71. The molecule has 1 N–H and O–H groups in total. The Bertz CT molecular complexity index is 1240. The molecular formula is C27H26N2O5. The molecule has 1 saturated heterocycles. The predicted octanol–water partition coefficient (Wildman–Crippen LogP) is 4.23. The molecule has 0 bridgehead atoms. The number of rotatable bonds is 8. The summed E-state index contributed by atoms with van der Waals surface area (Å²) in [4.78, 5) is 25.5. The lowest BCUT2D eigenvalue weighted by molar-refractivity contribution is -0.117. The first-order chi connectivity index (χ1) is 16.5. The summed E-state index contributed by atoms with van der Waals surface area (Å²) in [5.41, 5.74) is 6.11. The van der Waals surface area contributed by atoms with E-state index < -0.39 is 11.8 Å². The van der Waals surface area contributed by atoms with Gasteiger partial charge < -0.3 is 14.2 Å². The second-order valence-corrected chi connectivity index (χ2v) is 7.82. The fourth-order valence-corrected chi connectivity index (χ4v) is 3.48. The van der Waals surface area contributed by atoms with Gasteiger partial charge in [0.15, 0.2) is 0 Å². The molecule has 4 rings (SSSR count). The summed E-state index contributed by atoms with van der Waals surface area (Å²) in [7, 11) is 1.55. The Kier molecular flexibility index (Phi) is 6.82. The molecule has 0 unspecified atom stereocenters. The zero-order valence-electron chi connectivity index (χ0n) is 19.3. The Morgan fingerprint density at radius 1 is 0.853 bits per heavy atom. The third kappa shape index (κ3) is 5.04. The van der Waals surface area contributed by atoms with E-state index in [0.717, 1.165) is 11.3 Å². The van der Waals surface area contributed by atoms with Crippen LogP contribution >= 0.6 is 0 Å². The second kappa shape index (κ2) is 10.1. The van der Waals surface area contributed by atoms with Gasteiger partial charge in [0.05, 0.1) is 12.8 Å². The van der Waals surface area contributed by atoms with Crippen molar-refractivity contribution in [2.24, 2.45) is 0 Å².